The second-order valence-electron chi connectivity index (χ2n) is 5.48. The highest BCUT2D eigenvalue weighted by molar-refractivity contribution is 7.17. The number of carbonyl (C=O) groups excluding carboxylic acids is 2. The minimum atomic E-state index is -0.496. The number of hydrogen-bond donors (Lipinski definition) is 2. The lowest BCUT2D eigenvalue weighted by atomic mass is 9.88. The first-order chi connectivity index (χ1) is 10.5. The number of nitrogens with two attached hydrogens (primary N) is 1. The summed E-state index contributed by atoms with van der Waals surface area (Å²) < 4.78 is 1.31. The summed E-state index contributed by atoms with van der Waals surface area (Å²) in [6.45, 7) is 2.17. The van der Waals surface area contributed by atoms with Gasteiger partial charge < -0.3 is 11.1 Å². The van der Waals surface area contributed by atoms with E-state index in [1.807, 2.05) is 0 Å². The van der Waals surface area contributed by atoms with Crippen LogP contribution in [0.2, 0.25) is 0 Å². The fourth-order valence-electron chi connectivity index (χ4n) is 2.67. The Morgan fingerprint density at radius 2 is 2.36 bits per heavy atom. The molecule has 2 aromatic rings. The highest BCUT2D eigenvalue weighted by Crippen LogP contribution is 2.39. The Balaban J connectivity index is 1.84. The minimum absolute atomic E-state index is 0.00975. The van der Waals surface area contributed by atoms with Crippen LogP contribution in [-0.4, -0.2) is 32.0 Å². The molecular formula is C13H16N6O2S. The van der Waals surface area contributed by atoms with Gasteiger partial charge in [0.15, 0.2) is 0 Å². The van der Waals surface area contributed by atoms with Gasteiger partial charge >= 0.3 is 0 Å². The van der Waals surface area contributed by atoms with E-state index < -0.39 is 5.91 Å². The van der Waals surface area contributed by atoms with Gasteiger partial charge in [-0.1, -0.05) is 6.92 Å². The van der Waals surface area contributed by atoms with Crippen LogP contribution in [0.3, 0.4) is 0 Å². The van der Waals surface area contributed by atoms with Crippen LogP contribution in [0.25, 0.3) is 0 Å². The molecule has 0 aliphatic heterocycles. The molecule has 2 heterocycles. The normalized spacial score (nSPS) is 17.0. The second-order valence-corrected chi connectivity index (χ2v) is 6.58. The Labute approximate surface area is 130 Å². The van der Waals surface area contributed by atoms with Gasteiger partial charge in [0, 0.05) is 4.88 Å². The zero-order chi connectivity index (χ0) is 15.7. The highest BCUT2D eigenvalue weighted by Gasteiger charge is 2.27. The number of primary amides is 1. The van der Waals surface area contributed by atoms with E-state index in [4.69, 9.17) is 5.73 Å². The standard InChI is InChI=1S/C13H16N6O2S/c1-7-2-3-8-9(4-7)22-13(11(8)12(14)21)16-10(20)5-19-6-15-17-18-19/h6-7H,2-5H2,1H3,(H2,14,21)(H,16,20). The number of nitrogens with one attached hydrogen (secondary N) is 1. The first-order valence-electron chi connectivity index (χ1n) is 6.99. The van der Waals surface area contributed by atoms with Gasteiger partial charge in [-0.25, -0.2) is 4.68 Å². The molecule has 116 valence electrons. The van der Waals surface area contributed by atoms with Gasteiger partial charge in [0.05, 0.1) is 5.56 Å². The zero-order valence-corrected chi connectivity index (χ0v) is 12.9. The highest BCUT2D eigenvalue weighted by atomic mass is 32.1. The van der Waals surface area contributed by atoms with Crippen LogP contribution in [0.1, 0.15) is 34.1 Å². The lowest BCUT2D eigenvalue weighted by Gasteiger charge is -2.18. The van der Waals surface area contributed by atoms with E-state index in [1.165, 1.54) is 22.3 Å². The van der Waals surface area contributed by atoms with E-state index >= 15 is 0 Å². The molecule has 0 spiro atoms. The number of tetrazole rings is 1. The predicted octanol–water partition coefficient (Wildman–Crippen LogP) is 0.597. The molecule has 0 aromatic carbocycles. The van der Waals surface area contributed by atoms with Gasteiger partial charge in [-0.05, 0) is 41.2 Å². The first-order valence-corrected chi connectivity index (χ1v) is 7.81. The van der Waals surface area contributed by atoms with E-state index in [0.29, 0.717) is 16.5 Å². The van der Waals surface area contributed by atoms with Gasteiger partial charge in [0.25, 0.3) is 5.91 Å². The van der Waals surface area contributed by atoms with Crippen LogP contribution >= 0.6 is 11.3 Å². The fourth-order valence-corrected chi connectivity index (χ4v) is 4.10. The number of rotatable bonds is 4. The number of aromatic nitrogens is 4. The maximum atomic E-state index is 12.1. The Bertz CT molecular complexity index is 708. The summed E-state index contributed by atoms with van der Waals surface area (Å²) in [6.07, 6.45) is 4.13. The van der Waals surface area contributed by atoms with Crippen LogP contribution in [0.5, 0.6) is 0 Å². The molecule has 1 aliphatic rings. The van der Waals surface area contributed by atoms with Crippen LogP contribution in [0.4, 0.5) is 5.00 Å². The van der Waals surface area contributed by atoms with E-state index in [2.05, 4.69) is 27.8 Å². The maximum Gasteiger partial charge on any atom is 0.251 e. The number of anilines is 1. The van der Waals surface area contributed by atoms with E-state index in [1.54, 1.807) is 0 Å². The Hall–Kier alpha value is -2.29. The SMILES string of the molecule is CC1CCc2c(sc(NC(=O)Cn3cnnn3)c2C(N)=O)C1. The topological polar surface area (TPSA) is 116 Å². The summed E-state index contributed by atoms with van der Waals surface area (Å²) in [7, 11) is 0. The molecule has 1 atom stereocenters. The van der Waals surface area contributed by atoms with E-state index in [0.717, 1.165) is 29.7 Å². The molecular weight excluding hydrogens is 304 g/mol. The molecule has 9 heteroatoms. The summed E-state index contributed by atoms with van der Waals surface area (Å²) in [5, 5.41) is 13.9. The summed E-state index contributed by atoms with van der Waals surface area (Å²) in [5.41, 5.74) is 6.96. The molecule has 0 saturated heterocycles. The van der Waals surface area contributed by atoms with Crippen molar-refractivity contribution in [2.24, 2.45) is 11.7 Å². The van der Waals surface area contributed by atoms with Crippen molar-refractivity contribution in [3.63, 3.8) is 0 Å². The molecule has 0 bridgehead atoms. The average molecular weight is 320 g/mol. The Morgan fingerprint density at radius 3 is 3.05 bits per heavy atom. The Kier molecular flexibility index (Phi) is 3.88. The van der Waals surface area contributed by atoms with Gasteiger partial charge in [-0.15, -0.1) is 16.4 Å². The van der Waals surface area contributed by atoms with Crippen molar-refractivity contribution >= 4 is 28.2 Å². The lowest BCUT2D eigenvalue weighted by Crippen LogP contribution is -2.22. The van der Waals surface area contributed by atoms with Crippen molar-refractivity contribution in [1.29, 1.82) is 0 Å². The van der Waals surface area contributed by atoms with Gasteiger partial charge in [-0.3, -0.25) is 9.59 Å². The van der Waals surface area contributed by atoms with Gasteiger partial charge in [0.1, 0.15) is 17.9 Å². The van der Waals surface area contributed by atoms with E-state index in [9.17, 15) is 9.59 Å². The van der Waals surface area contributed by atoms with E-state index in [-0.39, 0.29) is 12.5 Å². The molecule has 0 saturated carbocycles. The molecule has 3 rings (SSSR count). The maximum absolute atomic E-state index is 12.1. The number of amides is 2. The number of thiophene rings is 1. The van der Waals surface area contributed by atoms with Crippen molar-refractivity contribution < 1.29 is 9.59 Å². The van der Waals surface area contributed by atoms with Crippen molar-refractivity contribution in [2.45, 2.75) is 32.7 Å². The van der Waals surface area contributed by atoms with Crippen LogP contribution in [0, 0.1) is 5.92 Å². The second kappa shape index (κ2) is 5.84. The zero-order valence-electron chi connectivity index (χ0n) is 12.1. The van der Waals surface area contributed by atoms with Crippen molar-refractivity contribution in [3.05, 3.63) is 22.3 Å². The number of carbonyl (C=O) groups is 2. The summed E-state index contributed by atoms with van der Waals surface area (Å²) in [4.78, 5) is 25.0. The lowest BCUT2D eigenvalue weighted by molar-refractivity contribution is -0.116. The molecule has 22 heavy (non-hydrogen) atoms. The molecule has 1 unspecified atom stereocenters. The van der Waals surface area contributed by atoms with Crippen molar-refractivity contribution in [1.82, 2.24) is 20.2 Å². The number of nitrogens with zero attached hydrogens (tertiary/aromatic N) is 4. The quantitative estimate of drug-likeness (QED) is 0.855. The van der Waals surface area contributed by atoms with Crippen LogP contribution < -0.4 is 11.1 Å². The summed E-state index contributed by atoms with van der Waals surface area (Å²) >= 11 is 1.44. The van der Waals surface area contributed by atoms with Crippen LogP contribution in [-0.2, 0) is 24.2 Å². The number of hydrogen-bond acceptors (Lipinski definition) is 6. The number of fused-ring (bicyclic) bond motifs is 1. The third-order valence-corrected chi connectivity index (χ3v) is 4.88. The third kappa shape index (κ3) is 2.84. The summed E-state index contributed by atoms with van der Waals surface area (Å²) in [6, 6.07) is 0. The molecule has 0 fully saturated rings. The van der Waals surface area contributed by atoms with Gasteiger partial charge in [-0.2, -0.15) is 0 Å². The van der Waals surface area contributed by atoms with Gasteiger partial charge in [0.2, 0.25) is 5.91 Å². The largest absolute Gasteiger partial charge is 0.365 e. The molecule has 1 aliphatic carbocycles. The smallest absolute Gasteiger partial charge is 0.251 e. The molecule has 0 radical (unpaired) electrons. The third-order valence-electron chi connectivity index (χ3n) is 3.71. The predicted molar refractivity (Wildman–Crippen MR) is 80.5 cm³/mol. The van der Waals surface area contributed by atoms with Crippen LogP contribution in [0.15, 0.2) is 6.33 Å². The average Bonchev–Trinajstić information content (AvgIpc) is 3.04. The minimum Gasteiger partial charge on any atom is -0.365 e. The molecule has 3 N–H and O–H groups in total. The molecule has 8 nitrogen and oxygen atoms in total. The Morgan fingerprint density at radius 1 is 1.55 bits per heavy atom. The first kappa shape index (κ1) is 14.6. The fraction of sp³-hybridized carbons (Fsp3) is 0.462. The summed E-state index contributed by atoms with van der Waals surface area (Å²) in [5.74, 6) is -0.206. The molecule has 2 aromatic heterocycles. The monoisotopic (exact) mass is 320 g/mol. The molecule has 2 amide bonds. The van der Waals surface area contributed by atoms with Crippen molar-refractivity contribution in [2.75, 3.05) is 5.32 Å². The van der Waals surface area contributed by atoms with Crippen molar-refractivity contribution in [3.8, 4) is 0 Å².